The lowest BCUT2D eigenvalue weighted by Crippen LogP contribution is -2.28. The van der Waals surface area contributed by atoms with Crippen LogP contribution in [0.4, 0.5) is 0 Å². The predicted molar refractivity (Wildman–Crippen MR) is 64.4 cm³/mol. The first kappa shape index (κ1) is 11.9. The van der Waals surface area contributed by atoms with E-state index >= 15 is 0 Å². The van der Waals surface area contributed by atoms with Gasteiger partial charge in [-0.05, 0) is 26.0 Å². The maximum atomic E-state index is 8.95. The first-order valence-electron chi connectivity index (χ1n) is 5.64. The van der Waals surface area contributed by atoms with Gasteiger partial charge in [0.05, 0.1) is 12.8 Å². The molecule has 0 bridgehead atoms. The number of nitrogens with one attached hydrogen (secondary N) is 2. The zero-order valence-corrected chi connectivity index (χ0v) is 10.0. The number of H-pyrrole nitrogens is 1. The molecule has 0 aliphatic heterocycles. The molecule has 2 aromatic heterocycles. The fourth-order valence-corrected chi connectivity index (χ4v) is 1.58. The van der Waals surface area contributed by atoms with E-state index in [1.807, 2.05) is 26.0 Å². The molecule has 0 aliphatic rings. The second-order valence-electron chi connectivity index (χ2n) is 4.15. The van der Waals surface area contributed by atoms with Gasteiger partial charge in [0, 0.05) is 18.2 Å². The quantitative estimate of drug-likeness (QED) is 0.733. The third-order valence-electron chi connectivity index (χ3n) is 2.62. The van der Waals surface area contributed by atoms with Gasteiger partial charge in [0.25, 0.3) is 0 Å². The number of aromatic nitrogens is 2. The molecule has 2 aromatic rings. The van der Waals surface area contributed by atoms with E-state index < -0.39 is 0 Å². The van der Waals surface area contributed by atoms with E-state index in [1.54, 1.807) is 6.20 Å². The molecule has 92 valence electrons. The molecule has 0 radical (unpaired) electrons. The standard InChI is InChI=1S/C12H17N3O2/c1-8(7-16)13-5-10-6-14-15-12(10)11-4-3-9(2)17-11/h3-4,6,8,13,16H,5,7H2,1-2H3,(H,14,15)/t8-/m1/s1. The molecular weight excluding hydrogens is 218 g/mol. The van der Waals surface area contributed by atoms with E-state index in [0.717, 1.165) is 22.8 Å². The van der Waals surface area contributed by atoms with Crippen LogP contribution >= 0.6 is 0 Å². The van der Waals surface area contributed by atoms with Crippen molar-refractivity contribution in [2.24, 2.45) is 0 Å². The molecule has 3 N–H and O–H groups in total. The summed E-state index contributed by atoms with van der Waals surface area (Å²) >= 11 is 0. The van der Waals surface area contributed by atoms with Crippen LogP contribution < -0.4 is 5.32 Å². The van der Waals surface area contributed by atoms with Gasteiger partial charge in [-0.2, -0.15) is 5.10 Å². The summed E-state index contributed by atoms with van der Waals surface area (Å²) in [6, 6.07) is 3.90. The molecule has 17 heavy (non-hydrogen) atoms. The van der Waals surface area contributed by atoms with Crippen LogP contribution in [-0.2, 0) is 6.54 Å². The molecule has 1 atom stereocenters. The molecule has 0 spiro atoms. The molecule has 5 nitrogen and oxygen atoms in total. The van der Waals surface area contributed by atoms with Crippen molar-refractivity contribution in [2.75, 3.05) is 6.61 Å². The van der Waals surface area contributed by atoms with Crippen molar-refractivity contribution < 1.29 is 9.52 Å². The average molecular weight is 235 g/mol. The third-order valence-corrected chi connectivity index (χ3v) is 2.62. The number of aliphatic hydroxyl groups is 1. The van der Waals surface area contributed by atoms with Crippen molar-refractivity contribution in [3.05, 3.63) is 29.7 Å². The highest BCUT2D eigenvalue weighted by Gasteiger charge is 2.11. The minimum Gasteiger partial charge on any atom is -0.460 e. The molecule has 0 aromatic carbocycles. The largest absolute Gasteiger partial charge is 0.460 e. The summed E-state index contributed by atoms with van der Waals surface area (Å²) in [5, 5.41) is 19.1. The Morgan fingerprint density at radius 3 is 3.00 bits per heavy atom. The fraction of sp³-hybridized carbons (Fsp3) is 0.417. The van der Waals surface area contributed by atoms with E-state index in [2.05, 4.69) is 15.5 Å². The predicted octanol–water partition coefficient (Wildman–Crippen LogP) is 1.45. The number of hydrogen-bond acceptors (Lipinski definition) is 4. The van der Waals surface area contributed by atoms with Gasteiger partial charge in [-0.15, -0.1) is 0 Å². The van der Waals surface area contributed by atoms with Gasteiger partial charge in [0.2, 0.25) is 0 Å². The summed E-state index contributed by atoms with van der Waals surface area (Å²) in [5.41, 5.74) is 1.91. The molecule has 2 rings (SSSR count). The van der Waals surface area contributed by atoms with Crippen LogP contribution in [0.2, 0.25) is 0 Å². The fourth-order valence-electron chi connectivity index (χ4n) is 1.58. The van der Waals surface area contributed by atoms with Crippen LogP contribution in [0.5, 0.6) is 0 Å². The zero-order valence-electron chi connectivity index (χ0n) is 10.0. The lowest BCUT2D eigenvalue weighted by atomic mass is 10.2. The van der Waals surface area contributed by atoms with Crippen molar-refractivity contribution in [3.63, 3.8) is 0 Å². The topological polar surface area (TPSA) is 74.1 Å². The second-order valence-corrected chi connectivity index (χ2v) is 4.15. The Morgan fingerprint density at radius 1 is 1.53 bits per heavy atom. The summed E-state index contributed by atoms with van der Waals surface area (Å²) in [4.78, 5) is 0. The summed E-state index contributed by atoms with van der Waals surface area (Å²) in [6.45, 7) is 4.60. The number of rotatable bonds is 5. The Hall–Kier alpha value is -1.59. The first-order valence-corrected chi connectivity index (χ1v) is 5.64. The van der Waals surface area contributed by atoms with Gasteiger partial charge in [0.15, 0.2) is 5.76 Å². The van der Waals surface area contributed by atoms with E-state index in [1.165, 1.54) is 0 Å². The average Bonchev–Trinajstić information content (AvgIpc) is 2.93. The summed E-state index contributed by atoms with van der Waals surface area (Å²) in [5.74, 6) is 1.66. The van der Waals surface area contributed by atoms with Crippen LogP contribution in [0.3, 0.4) is 0 Å². The molecular formula is C12H17N3O2. The van der Waals surface area contributed by atoms with Gasteiger partial charge in [-0.1, -0.05) is 0 Å². The normalized spacial score (nSPS) is 12.9. The molecule has 0 saturated heterocycles. The Morgan fingerprint density at radius 2 is 2.35 bits per heavy atom. The summed E-state index contributed by atoms with van der Waals surface area (Å²) < 4.78 is 5.55. The number of furan rings is 1. The van der Waals surface area contributed by atoms with Crippen LogP contribution in [0.15, 0.2) is 22.7 Å². The molecule has 5 heteroatoms. The number of nitrogens with zero attached hydrogens (tertiary/aromatic N) is 1. The van der Waals surface area contributed by atoms with Crippen molar-refractivity contribution in [3.8, 4) is 11.5 Å². The molecule has 2 heterocycles. The van der Waals surface area contributed by atoms with Gasteiger partial charge >= 0.3 is 0 Å². The Labute approximate surface area is 99.8 Å². The van der Waals surface area contributed by atoms with Crippen LogP contribution in [-0.4, -0.2) is 28.0 Å². The third kappa shape index (κ3) is 2.75. The zero-order chi connectivity index (χ0) is 12.3. The van der Waals surface area contributed by atoms with E-state index in [4.69, 9.17) is 9.52 Å². The second kappa shape index (κ2) is 5.16. The molecule has 0 aliphatic carbocycles. The maximum Gasteiger partial charge on any atom is 0.152 e. The maximum absolute atomic E-state index is 8.95. The lowest BCUT2D eigenvalue weighted by Gasteiger charge is -2.09. The first-order chi connectivity index (χ1) is 8.20. The van der Waals surface area contributed by atoms with E-state index in [0.29, 0.717) is 6.54 Å². The van der Waals surface area contributed by atoms with Crippen molar-refractivity contribution >= 4 is 0 Å². The molecule has 0 unspecified atom stereocenters. The Balaban J connectivity index is 2.12. The van der Waals surface area contributed by atoms with Crippen molar-refractivity contribution in [2.45, 2.75) is 26.4 Å². The number of aromatic amines is 1. The highest BCUT2D eigenvalue weighted by molar-refractivity contribution is 5.56. The molecule has 0 saturated carbocycles. The Kier molecular flexibility index (Phi) is 3.61. The summed E-state index contributed by atoms with van der Waals surface area (Å²) in [7, 11) is 0. The monoisotopic (exact) mass is 235 g/mol. The van der Waals surface area contributed by atoms with E-state index in [-0.39, 0.29) is 12.6 Å². The number of hydrogen-bond donors (Lipinski definition) is 3. The minimum absolute atomic E-state index is 0.0658. The van der Waals surface area contributed by atoms with Gasteiger partial charge in [-0.3, -0.25) is 5.10 Å². The molecule has 0 fully saturated rings. The highest BCUT2D eigenvalue weighted by atomic mass is 16.3. The van der Waals surface area contributed by atoms with Crippen LogP contribution in [0.25, 0.3) is 11.5 Å². The van der Waals surface area contributed by atoms with Gasteiger partial charge in [0.1, 0.15) is 11.5 Å². The van der Waals surface area contributed by atoms with Crippen LogP contribution in [0, 0.1) is 6.92 Å². The van der Waals surface area contributed by atoms with Crippen molar-refractivity contribution in [1.82, 2.24) is 15.5 Å². The SMILES string of the molecule is Cc1ccc(-c2[nH]ncc2CN[C@H](C)CO)o1. The Bertz CT molecular complexity index is 476. The van der Waals surface area contributed by atoms with Crippen LogP contribution in [0.1, 0.15) is 18.2 Å². The van der Waals surface area contributed by atoms with E-state index in [9.17, 15) is 0 Å². The summed E-state index contributed by atoms with van der Waals surface area (Å²) in [6.07, 6.45) is 1.77. The highest BCUT2D eigenvalue weighted by Crippen LogP contribution is 2.23. The van der Waals surface area contributed by atoms with Gasteiger partial charge in [-0.25, -0.2) is 0 Å². The number of aliphatic hydroxyl groups excluding tert-OH is 1. The molecule has 0 amide bonds. The smallest absolute Gasteiger partial charge is 0.152 e. The number of aryl methyl sites for hydroxylation is 1. The van der Waals surface area contributed by atoms with Crippen molar-refractivity contribution in [1.29, 1.82) is 0 Å². The minimum atomic E-state index is 0.0658. The van der Waals surface area contributed by atoms with Gasteiger partial charge < -0.3 is 14.8 Å². The lowest BCUT2D eigenvalue weighted by molar-refractivity contribution is 0.251.